The third kappa shape index (κ3) is 5.73. The summed E-state index contributed by atoms with van der Waals surface area (Å²) < 4.78 is 15.6. The first-order valence-corrected chi connectivity index (χ1v) is 9.86. The molecule has 0 saturated heterocycles. The van der Waals surface area contributed by atoms with E-state index in [0.29, 0.717) is 34.3 Å². The predicted molar refractivity (Wildman–Crippen MR) is 114 cm³/mol. The number of benzene rings is 2. The maximum atomic E-state index is 12.2. The summed E-state index contributed by atoms with van der Waals surface area (Å²) in [5.74, 6) is 0.332. The Morgan fingerprint density at radius 1 is 1.06 bits per heavy atom. The van der Waals surface area contributed by atoms with Crippen LogP contribution in [0.2, 0.25) is 5.02 Å². The number of rotatable bonds is 9. The molecule has 0 aliphatic rings. The van der Waals surface area contributed by atoms with E-state index in [1.54, 1.807) is 42.5 Å². The zero-order valence-corrected chi connectivity index (χ0v) is 17.7. The highest BCUT2D eigenvalue weighted by Crippen LogP contribution is 2.30. The molecule has 0 aliphatic heterocycles. The van der Waals surface area contributed by atoms with E-state index in [1.165, 1.54) is 7.11 Å². The Morgan fingerprint density at radius 2 is 1.77 bits per heavy atom. The van der Waals surface area contributed by atoms with Crippen molar-refractivity contribution in [3.63, 3.8) is 0 Å². The van der Waals surface area contributed by atoms with E-state index in [4.69, 9.17) is 25.6 Å². The molecule has 10 heteroatoms. The number of nitrogens with one attached hydrogen (secondary N) is 2. The molecule has 9 nitrogen and oxygen atoms in total. The lowest BCUT2D eigenvalue weighted by molar-refractivity contribution is 0.0898. The van der Waals surface area contributed by atoms with Crippen LogP contribution in [0, 0.1) is 0 Å². The zero-order valence-electron chi connectivity index (χ0n) is 17.0. The third-order valence-corrected chi connectivity index (χ3v) is 4.38. The summed E-state index contributed by atoms with van der Waals surface area (Å²) in [6, 6.07) is 11.7. The first kappa shape index (κ1) is 22.1. The van der Waals surface area contributed by atoms with Crippen LogP contribution < -0.4 is 20.1 Å². The second-order valence-electron chi connectivity index (χ2n) is 6.24. The summed E-state index contributed by atoms with van der Waals surface area (Å²) in [6.07, 6.45) is 0. The summed E-state index contributed by atoms with van der Waals surface area (Å²) in [5, 5.41) is 9.60. The van der Waals surface area contributed by atoms with Crippen LogP contribution in [-0.2, 0) is 0 Å². The van der Waals surface area contributed by atoms with E-state index < -0.39 is 5.91 Å². The van der Waals surface area contributed by atoms with Gasteiger partial charge in [-0.25, -0.2) is 0 Å². The van der Waals surface area contributed by atoms with Gasteiger partial charge in [0, 0.05) is 23.7 Å². The van der Waals surface area contributed by atoms with E-state index in [2.05, 4.69) is 20.8 Å². The normalized spacial score (nSPS) is 10.4. The average Bonchev–Trinajstić information content (AvgIpc) is 3.27. The minimum Gasteiger partial charge on any atom is -0.496 e. The lowest BCUT2D eigenvalue weighted by Gasteiger charge is -2.07. The fourth-order valence-electron chi connectivity index (χ4n) is 2.68. The Balaban J connectivity index is 1.50. The molecule has 2 aromatic carbocycles. The Bertz CT molecular complexity index is 1050. The van der Waals surface area contributed by atoms with Crippen molar-refractivity contribution in [3.8, 4) is 22.9 Å². The van der Waals surface area contributed by atoms with Crippen LogP contribution in [0.5, 0.6) is 11.5 Å². The van der Waals surface area contributed by atoms with E-state index in [0.717, 1.165) is 0 Å². The molecule has 0 aliphatic carbocycles. The lowest BCUT2D eigenvalue weighted by atomic mass is 10.2. The fraction of sp³-hybridized carbons (Fsp3) is 0.238. The van der Waals surface area contributed by atoms with Crippen LogP contribution in [0.3, 0.4) is 0 Å². The minimum absolute atomic E-state index is 0.174. The molecule has 0 bridgehead atoms. The number of carbonyl (C=O) groups is 2. The molecule has 3 aromatic rings. The molecule has 2 N–H and O–H groups in total. The molecule has 2 amide bonds. The Kier molecular flexibility index (Phi) is 7.45. The highest BCUT2D eigenvalue weighted by Gasteiger charge is 2.18. The molecule has 1 heterocycles. The van der Waals surface area contributed by atoms with Crippen LogP contribution in [0.4, 0.5) is 0 Å². The van der Waals surface area contributed by atoms with Crippen LogP contribution in [-0.4, -0.2) is 48.8 Å². The Labute approximate surface area is 183 Å². The van der Waals surface area contributed by atoms with Gasteiger partial charge in [-0.3, -0.25) is 9.59 Å². The van der Waals surface area contributed by atoms with Crippen molar-refractivity contribution in [1.82, 2.24) is 20.8 Å². The van der Waals surface area contributed by atoms with Gasteiger partial charge in [-0.2, -0.15) is 4.98 Å². The fourth-order valence-corrected chi connectivity index (χ4v) is 2.85. The molecule has 0 saturated carbocycles. The number of nitrogens with zero attached hydrogens (tertiary/aromatic N) is 2. The van der Waals surface area contributed by atoms with Gasteiger partial charge in [-0.15, -0.1) is 0 Å². The highest BCUT2D eigenvalue weighted by molar-refractivity contribution is 6.30. The van der Waals surface area contributed by atoms with Crippen LogP contribution >= 0.6 is 11.6 Å². The van der Waals surface area contributed by atoms with Gasteiger partial charge in [0.1, 0.15) is 11.5 Å². The first-order chi connectivity index (χ1) is 15.0. The predicted octanol–water partition coefficient (Wildman–Crippen LogP) is 2.96. The second-order valence-corrected chi connectivity index (χ2v) is 6.67. The molecule has 1 aromatic heterocycles. The van der Waals surface area contributed by atoms with Gasteiger partial charge in [-0.1, -0.05) is 16.8 Å². The summed E-state index contributed by atoms with van der Waals surface area (Å²) in [7, 11) is 1.50. The SMILES string of the molecule is CCOc1ccc(C(=O)NCCNC(=O)c2nc(-c3cc(Cl)ccc3OC)no2)cc1. The van der Waals surface area contributed by atoms with Gasteiger partial charge in [-0.05, 0) is 49.4 Å². The van der Waals surface area contributed by atoms with Crippen molar-refractivity contribution in [2.24, 2.45) is 0 Å². The molecule has 3 rings (SSSR count). The van der Waals surface area contributed by atoms with Crippen LogP contribution in [0.15, 0.2) is 47.0 Å². The third-order valence-electron chi connectivity index (χ3n) is 4.15. The van der Waals surface area contributed by atoms with E-state index >= 15 is 0 Å². The maximum Gasteiger partial charge on any atom is 0.316 e. The Morgan fingerprint density at radius 3 is 2.45 bits per heavy atom. The smallest absolute Gasteiger partial charge is 0.316 e. The molecule has 0 atom stereocenters. The number of hydrogen-bond donors (Lipinski definition) is 2. The monoisotopic (exact) mass is 444 g/mol. The van der Waals surface area contributed by atoms with E-state index in [1.807, 2.05) is 6.92 Å². The van der Waals surface area contributed by atoms with Crippen LogP contribution in [0.25, 0.3) is 11.4 Å². The van der Waals surface area contributed by atoms with E-state index in [9.17, 15) is 9.59 Å². The molecule has 0 fully saturated rings. The number of amides is 2. The molecule has 0 unspecified atom stereocenters. The largest absolute Gasteiger partial charge is 0.496 e. The van der Waals surface area contributed by atoms with Crippen molar-refractivity contribution in [3.05, 3.63) is 58.9 Å². The quantitative estimate of drug-likeness (QED) is 0.487. The van der Waals surface area contributed by atoms with Crippen molar-refractivity contribution in [2.75, 3.05) is 26.8 Å². The van der Waals surface area contributed by atoms with Gasteiger partial charge in [0.2, 0.25) is 5.82 Å². The number of ether oxygens (including phenoxy) is 2. The van der Waals surface area contributed by atoms with Gasteiger partial charge < -0.3 is 24.6 Å². The zero-order chi connectivity index (χ0) is 22.2. The van der Waals surface area contributed by atoms with E-state index in [-0.39, 0.29) is 30.7 Å². The number of aromatic nitrogens is 2. The lowest BCUT2D eigenvalue weighted by Crippen LogP contribution is -2.34. The summed E-state index contributed by atoms with van der Waals surface area (Å²) in [4.78, 5) is 28.5. The first-order valence-electron chi connectivity index (χ1n) is 9.48. The molecular formula is C21H21ClN4O5. The summed E-state index contributed by atoms with van der Waals surface area (Å²) in [5.41, 5.74) is 0.993. The average molecular weight is 445 g/mol. The van der Waals surface area contributed by atoms with Gasteiger partial charge in [0.15, 0.2) is 0 Å². The van der Waals surface area contributed by atoms with Gasteiger partial charge >= 0.3 is 11.8 Å². The van der Waals surface area contributed by atoms with Crippen molar-refractivity contribution < 1.29 is 23.6 Å². The van der Waals surface area contributed by atoms with Crippen molar-refractivity contribution >= 4 is 23.4 Å². The van der Waals surface area contributed by atoms with Gasteiger partial charge in [0.05, 0.1) is 19.3 Å². The van der Waals surface area contributed by atoms with Crippen molar-refractivity contribution in [1.29, 1.82) is 0 Å². The number of halogens is 1. The standard InChI is InChI=1S/C21H21ClN4O5/c1-3-30-15-7-4-13(5-8-15)19(27)23-10-11-24-20(28)21-25-18(26-31-21)16-12-14(22)6-9-17(16)29-2/h4-9,12H,3,10-11H2,1-2H3,(H,23,27)(H,24,28). The van der Waals surface area contributed by atoms with Gasteiger partial charge in [0.25, 0.3) is 5.91 Å². The summed E-state index contributed by atoms with van der Waals surface area (Å²) in [6.45, 7) is 2.85. The minimum atomic E-state index is -0.560. The molecule has 0 spiro atoms. The molecule has 0 radical (unpaired) electrons. The number of methoxy groups -OCH3 is 1. The topological polar surface area (TPSA) is 116 Å². The maximum absolute atomic E-state index is 12.2. The Hall–Kier alpha value is -3.59. The highest BCUT2D eigenvalue weighted by atomic mass is 35.5. The molecule has 162 valence electrons. The molecular weight excluding hydrogens is 424 g/mol. The second kappa shape index (κ2) is 10.4. The number of hydrogen-bond acceptors (Lipinski definition) is 7. The molecule has 31 heavy (non-hydrogen) atoms. The summed E-state index contributed by atoms with van der Waals surface area (Å²) >= 11 is 6.01. The van der Waals surface area contributed by atoms with Crippen molar-refractivity contribution in [2.45, 2.75) is 6.92 Å². The van der Waals surface area contributed by atoms with Crippen LogP contribution in [0.1, 0.15) is 28.0 Å². The number of carbonyl (C=O) groups excluding carboxylic acids is 2.